The van der Waals surface area contributed by atoms with E-state index in [2.05, 4.69) is 10.3 Å². The van der Waals surface area contributed by atoms with Crippen molar-refractivity contribution in [3.05, 3.63) is 65.4 Å². The van der Waals surface area contributed by atoms with Gasteiger partial charge >= 0.3 is 5.97 Å². The first-order valence-electron chi connectivity index (χ1n) is 8.91. The van der Waals surface area contributed by atoms with E-state index in [1.807, 2.05) is 32.0 Å². The Morgan fingerprint density at radius 1 is 1.04 bits per heavy atom. The van der Waals surface area contributed by atoms with Gasteiger partial charge in [-0.05, 0) is 63.2 Å². The zero-order valence-corrected chi connectivity index (χ0v) is 16.3. The minimum Gasteiger partial charge on any atom is -0.497 e. The van der Waals surface area contributed by atoms with Crippen LogP contribution in [0.4, 0.5) is 5.69 Å². The van der Waals surface area contributed by atoms with E-state index in [1.54, 1.807) is 37.4 Å². The summed E-state index contributed by atoms with van der Waals surface area (Å²) in [6, 6.07) is 14.3. The zero-order chi connectivity index (χ0) is 20.3. The van der Waals surface area contributed by atoms with Crippen molar-refractivity contribution in [2.45, 2.75) is 26.9 Å². The Bertz CT molecular complexity index is 1030. The van der Waals surface area contributed by atoms with Gasteiger partial charge in [-0.3, -0.25) is 9.78 Å². The van der Waals surface area contributed by atoms with Crippen molar-refractivity contribution in [3.8, 4) is 5.75 Å². The normalized spacial score (nSPS) is 11.7. The molecular weight excluding hydrogens is 356 g/mol. The lowest BCUT2D eigenvalue weighted by molar-refractivity contribution is -0.123. The number of nitrogens with one attached hydrogen (secondary N) is 1. The van der Waals surface area contributed by atoms with Crippen molar-refractivity contribution in [1.29, 1.82) is 0 Å². The molecule has 0 aliphatic rings. The lowest BCUT2D eigenvalue weighted by atomic mass is 10.1. The van der Waals surface area contributed by atoms with Gasteiger partial charge in [-0.2, -0.15) is 0 Å². The number of benzene rings is 2. The van der Waals surface area contributed by atoms with E-state index in [4.69, 9.17) is 9.47 Å². The second-order valence-electron chi connectivity index (χ2n) is 6.60. The maximum absolute atomic E-state index is 12.7. The minimum absolute atomic E-state index is 0.398. The summed E-state index contributed by atoms with van der Waals surface area (Å²) < 4.78 is 10.5. The van der Waals surface area contributed by atoms with Crippen molar-refractivity contribution < 1.29 is 19.1 Å². The maximum atomic E-state index is 12.7. The van der Waals surface area contributed by atoms with E-state index in [1.165, 1.54) is 6.92 Å². The summed E-state index contributed by atoms with van der Waals surface area (Å²) in [5, 5.41) is 3.43. The molecule has 1 N–H and O–H groups in total. The summed E-state index contributed by atoms with van der Waals surface area (Å²) in [6.45, 7) is 5.30. The van der Waals surface area contributed by atoms with Gasteiger partial charge in [-0.15, -0.1) is 0 Å². The molecule has 144 valence electrons. The van der Waals surface area contributed by atoms with Gasteiger partial charge in [-0.25, -0.2) is 4.79 Å². The number of rotatable bonds is 5. The Balaban J connectivity index is 1.75. The monoisotopic (exact) mass is 378 g/mol. The van der Waals surface area contributed by atoms with Crippen molar-refractivity contribution in [3.63, 3.8) is 0 Å². The lowest BCUT2D eigenvalue weighted by Gasteiger charge is -2.15. The van der Waals surface area contributed by atoms with Gasteiger partial charge in [0, 0.05) is 16.8 Å². The summed E-state index contributed by atoms with van der Waals surface area (Å²) in [6.07, 6.45) is -0.956. The number of esters is 1. The highest BCUT2D eigenvalue weighted by atomic mass is 16.5. The predicted octanol–water partition coefficient (Wildman–Crippen LogP) is 4.04. The van der Waals surface area contributed by atoms with Gasteiger partial charge in [-0.1, -0.05) is 11.6 Å². The number of hydrogen-bond donors (Lipinski definition) is 1. The highest BCUT2D eigenvalue weighted by molar-refractivity contribution is 6.05. The summed E-state index contributed by atoms with van der Waals surface area (Å²) >= 11 is 0. The smallest absolute Gasteiger partial charge is 0.339 e. The van der Waals surface area contributed by atoms with Gasteiger partial charge in [0.25, 0.3) is 5.91 Å². The number of carbonyl (C=O) groups excluding carboxylic acids is 2. The van der Waals surface area contributed by atoms with Gasteiger partial charge in [0.15, 0.2) is 6.10 Å². The molecule has 3 aromatic rings. The van der Waals surface area contributed by atoms with Crippen LogP contribution in [0, 0.1) is 13.8 Å². The van der Waals surface area contributed by atoms with E-state index in [9.17, 15) is 9.59 Å². The van der Waals surface area contributed by atoms with Crippen LogP contribution in [0.25, 0.3) is 10.9 Å². The Hall–Kier alpha value is -3.41. The SMILES string of the molecule is COc1ccc(NC(=O)C(C)OC(=O)c2cc(C)nc3ccc(C)cc23)cc1. The van der Waals surface area contributed by atoms with Crippen molar-refractivity contribution >= 4 is 28.5 Å². The molecule has 1 amide bonds. The second-order valence-corrected chi connectivity index (χ2v) is 6.60. The number of hydrogen-bond acceptors (Lipinski definition) is 5. The number of ether oxygens (including phenoxy) is 2. The molecule has 0 fully saturated rings. The molecular formula is C22H22N2O4. The minimum atomic E-state index is -0.956. The molecule has 0 saturated heterocycles. The quantitative estimate of drug-likeness (QED) is 0.678. The van der Waals surface area contributed by atoms with Crippen LogP contribution in [0.3, 0.4) is 0 Å². The molecule has 0 aliphatic heterocycles. The highest BCUT2D eigenvalue weighted by Gasteiger charge is 2.21. The first kappa shape index (κ1) is 19.4. The number of fused-ring (bicyclic) bond motifs is 1. The van der Waals surface area contributed by atoms with E-state index >= 15 is 0 Å². The summed E-state index contributed by atoms with van der Waals surface area (Å²) in [5.41, 5.74) is 3.42. The van der Waals surface area contributed by atoms with Crippen LogP contribution in [-0.4, -0.2) is 30.1 Å². The molecule has 6 heteroatoms. The Kier molecular flexibility index (Phi) is 5.59. The number of aryl methyl sites for hydroxylation is 2. The Labute approximate surface area is 163 Å². The number of aromatic nitrogens is 1. The highest BCUT2D eigenvalue weighted by Crippen LogP contribution is 2.22. The van der Waals surface area contributed by atoms with Gasteiger partial charge in [0.05, 0.1) is 18.2 Å². The van der Waals surface area contributed by atoms with Crippen LogP contribution in [0.1, 0.15) is 28.5 Å². The third-order valence-electron chi connectivity index (χ3n) is 4.32. The van der Waals surface area contributed by atoms with Crippen molar-refractivity contribution in [2.75, 3.05) is 12.4 Å². The van der Waals surface area contributed by atoms with Gasteiger partial charge in [0.2, 0.25) is 0 Å². The van der Waals surface area contributed by atoms with Crippen LogP contribution in [0.15, 0.2) is 48.5 Å². The van der Waals surface area contributed by atoms with Crippen LogP contribution < -0.4 is 10.1 Å². The lowest BCUT2D eigenvalue weighted by Crippen LogP contribution is -2.30. The Morgan fingerprint density at radius 3 is 2.43 bits per heavy atom. The van der Waals surface area contributed by atoms with E-state index in [0.717, 1.165) is 5.56 Å². The molecule has 1 aromatic heterocycles. The first-order chi connectivity index (χ1) is 13.4. The number of carbonyl (C=O) groups is 2. The molecule has 1 atom stereocenters. The summed E-state index contributed by atoms with van der Waals surface area (Å²) in [7, 11) is 1.57. The second kappa shape index (κ2) is 8.08. The largest absolute Gasteiger partial charge is 0.497 e. The fourth-order valence-corrected chi connectivity index (χ4v) is 2.84. The number of amides is 1. The van der Waals surface area contributed by atoms with Gasteiger partial charge in [0.1, 0.15) is 5.75 Å². The molecule has 28 heavy (non-hydrogen) atoms. The number of methoxy groups -OCH3 is 1. The van der Waals surface area contributed by atoms with Crippen LogP contribution in [-0.2, 0) is 9.53 Å². The molecule has 6 nitrogen and oxygen atoms in total. The first-order valence-corrected chi connectivity index (χ1v) is 8.91. The fraction of sp³-hybridized carbons (Fsp3) is 0.227. The van der Waals surface area contributed by atoms with E-state index < -0.39 is 18.0 Å². The standard InChI is InChI=1S/C22H22N2O4/c1-13-5-10-20-18(11-13)19(12-14(2)23-20)22(26)28-15(3)21(25)24-16-6-8-17(27-4)9-7-16/h5-12,15H,1-4H3,(H,24,25). The molecule has 0 aliphatic carbocycles. The molecule has 0 bridgehead atoms. The molecule has 2 aromatic carbocycles. The molecule has 0 spiro atoms. The van der Waals surface area contributed by atoms with Crippen LogP contribution in [0.5, 0.6) is 5.75 Å². The predicted molar refractivity (Wildman–Crippen MR) is 108 cm³/mol. The maximum Gasteiger partial charge on any atom is 0.339 e. The van der Waals surface area contributed by atoms with E-state index in [0.29, 0.717) is 33.6 Å². The molecule has 1 unspecified atom stereocenters. The summed E-state index contributed by atoms with van der Waals surface area (Å²) in [4.78, 5) is 29.6. The zero-order valence-electron chi connectivity index (χ0n) is 16.3. The Morgan fingerprint density at radius 2 is 1.75 bits per heavy atom. The van der Waals surface area contributed by atoms with Gasteiger partial charge < -0.3 is 14.8 Å². The van der Waals surface area contributed by atoms with Crippen LogP contribution >= 0.6 is 0 Å². The van der Waals surface area contributed by atoms with E-state index in [-0.39, 0.29) is 0 Å². The average Bonchev–Trinajstić information content (AvgIpc) is 2.68. The topological polar surface area (TPSA) is 77.5 Å². The fourth-order valence-electron chi connectivity index (χ4n) is 2.84. The molecule has 0 radical (unpaired) electrons. The molecule has 0 saturated carbocycles. The van der Waals surface area contributed by atoms with Crippen LogP contribution in [0.2, 0.25) is 0 Å². The third kappa shape index (κ3) is 4.28. The number of nitrogens with zero attached hydrogens (tertiary/aromatic N) is 1. The molecule has 1 heterocycles. The number of anilines is 1. The van der Waals surface area contributed by atoms with Crippen molar-refractivity contribution in [2.24, 2.45) is 0 Å². The third-order valence-corrected chi connectivity index (χ3v) is 4.32. The molecule has 3 rings (SSSR count). The number of pyridine rings is 1. The van der Waals surface area contributed by atoms with Crippen molar-refractivity contribution in [1.82, 2.24) is 4.98 Å². The average molecular weight is 378 g/mol. The summed E-state index contributed by atoms with van der Waals surface area (Å²) in [5.74, 6) is -0.282.